The van der Waals surface area contributed by atoms with Gasteiger partial charge in [0.15, 0.2) is 5.75 Å². The molecule has 10 heteroatoms. The number of alkyl halides is 3. The van der Waals surface area contributed by atoms with E-state index in [4.69, 9.17) is 11.6 Å². The first-order valence-corrected chi connectivity index (χ1v) is 9.60. The third-order valence-electron chi connectivity index (χ3n) is 2.99. The molecule has 1 aromatic heterocycles. The van der Waals surface area contributed by atoms with Crippen molar-refractivity contribution in [3.8, 4) is 5.75 Å². The Bertz CT molecular complexity index is 1030. The second kappa shape index (κ2) is 5.64. The highest BCUT2D eigenvalue weighted by molar-refractivity contribution is 14.1. The van der Waals surface area contributed by atoms with Crippen LogP contribution < -0.4 is 4.18 Å². The van der Waals surface area contributed by atoms with E-state index in [0.717, 1.165) is 21.4 Å². The predicted octanol–water partition coefficient (Wildman–Crippen LogP) is 5.54. The van der Waals surface area contributed by atoms with E-state index >= 15 is 0 Å². The fraction of sp³-hybridized carbons (Fsp3) is 0.0769. The average Bonchev–Trinajstić information content (AvgIpc) is 2.83. The minimum absolute atomic E-state index is 0.254. The number of fused-ring (bicyclic) bond motifs is 3. The van der Waals surface area contributed by atoms with Crippen LogP contribution in [0.5, 0.6) is 5.75 Å². The van der Waals surface area contributed by atoms with E-state index < -0.39 is 15.6 Å². The Kier molecular flexibility index (Phi) is 4.18. The number of halogens is 5. The van der Waals surface area contributed by atoms with E-state index in [0.29, 0.717) is 14.0 Å². The summed E-state index contributed by atoms with van der Waals surface area (Å²) in [5, 5.41) is 1.55. The summed E-state index contributed by atoms with van der Waals surface area (Å²) in [5.41, 5.74) is -5.50. The van der Waals surface area contributed by atoms with E-state index in [-0.39, 0.29) is 10.4 Å². The van der Waals surface area contributed by atoms with Gasteiger partial charge >= 0.3 is 15.6 Å². The second-order valence-corrected chi connectivity index (χ2v) is 8.59. The van der Waals surface area contributed by atoms with E-state index in [9.17, 15) is 21.6 Å². The van der Waals surface area contributed by atoms with Gasteiger partial charge in [-0.05, 0) is 34.7 Å². The Hall–Kier alpha value is -0.780. The van der Waals surface area contributed by atoms with Gasteiger partial charge in [0, 0.05) is 19.0 Å². The molecule has 0 saturated carbocycles. The predicted molar refractivity (Wildman–Crippen MR) is 92.7 cm³/mol. The molecule has 0 fully saturated rings. The summed E-state index contributed by atoms with van der Waals surface area (Å²) >= 11 is 9.19. The summed E-state index contributed by atoms with van der Waals surface area (Å²) in [5.74, 6) is -0.382. The van der Waals surface area contributed by atoms with Crippen LogP contribution in [0, 0.1) is 3.57 Å². The smallest absolute Gasteiger partial charge is 0.374 e. The van der Waals surface area contributed by atoms with Crippen LogP contribution in [0.2, 0.25) is 5.02 Å². The molecule has 0 aliphatic carbocycles. The van der Waals surface area contributed by atoms with Crippen molar-refractivity contribution in [3.05, 3.63) is 38.9 Å². The lowest BCUT2D eigenvalue weighted by molar-refractivity contribution is -0.0499. The standard InChI is InChI=1S/C13H5ClF3IO3S2/c14-11-7(18)5-8(21-23(19,20)13(15,16)17)12-10(11)6-3-1-2-4-9(6)22-12/h1-5H. The van der Waals surface area contributed by atoms with Gasteiger partial charge in [0.1, 0.15) is 0 Å². The normalized spacial score (nSPS) is 12.9. The van der Waals surface area contributed by atoms with Crippen LogP contribution in [0.4, 0.5) is 13.2 Å². The zero-order valence-electron chi connectivity index (χ0n) is 10.8. The van der Waals surface area contributed by atoms with Gasteiger partial charge in [0.2, 0.25) is 0 Å². The van der Waals surface area contributed by atoms with Crippen molar-refractivity contribution in [3.63, 3.8) is 0 Å². The van der Waals surface area contributed by atoms with Gasteiger partial charge in [-0.3, -0.25) is 0 Å². The monoisotopic (exact) mass is 492 g/mol. The largest absolute Gasteiger partial charge is 0.534 e. The lowest BCUT2D eigenvalue weighted by Crippen LogP contribution is -2.28. The van der Waals surface area contributed by atoms with Crippen molar-refractivity contribution in [1.29, 1.82) is 0 Å². The summed E-state index contributed by atoms with van der Waals surface area (Å²) in [6.07, 6.45) is 0. The lowest BCUT2D eigenvalue weighted by Gasteiger charge is -2.11. The molecule has 1 heterocycles. The van der Waals surface area contributed by atoms with E-state index in [1.807, 2.05) is 22.6 Å². The van der Waals surface area contributed by atoms with Crippen LogP contribution in [-0.2, 0) is 10.1 Å². The number of rotatable bonds is 2. The van der Waals surface area contributed by atoms with Gasteiger partial charge in [-0.25, -0.2) is 0 Å². The lowest BCUT2D eigenvalue weighted by atomic mass is 10.1. The third kappa shape index (κ3) is 2.87. The van der Waals surface area contributed by atoms with Crippen molar-refractivity contribution in [2.45, 2.75) is 5.51 Å². The zero-order chi connectivity index (χ0) is 17.0. The minimum atomic E-state index is -5.75. The number of hydrogen-bond acceptors (Lipinski definition) is 4. The summed E-state index contributed by atoms with van der Waals surface area (Å²) in [7, 11) is -5.75. The fourth-order valence-electron chi connectivity index (χ4n) is 2.03. The van der Waals surface area contributed by atoms with Crippen molar-refractivity contribution in [2.24, 2.45) is 0 Å². The maximum Gasteiger partial charge on any atom is 0.534 e. The molecule has 0 amide bonds. The number of benzene rings is 2. The molecule has 0 spiro atoms. The SMILES string of the molecule is O=S(=O)(Oc1cc(I)c(Cl)c2c1sc1ccccc12)C(F)(F)F. The molecule has 0 unspecified atom stereocenters. The molecular weight excluding hydrogens is 488 g/mol. The Morgan fingerprint density at radius 1 is 1.22 bits per heavy atom. The molecule has 0 saturated heterocycles. The molecule has 0 bridgehead atoms. The number of hydrogen-bond donors (Lipinski definition) is 0. The summed E-state index contributed by atoms with van der Waals surface area (Å²) in [6, 6.07) is 8.24. The highest BCUT2D eigenvalue weighted by Crippen LogP contribution is 2.45. The van der Waals surface area contributed by atoms with Crippen molar-refractivity contribution < 1.29 is 25.8 Å². The minimum Gasteiger partial charge on any atom is -0.374 e. The maximum absolute atomic E-state index is 12.6. The highest BCUT2D eigenvalue weighted by Gasteiger charge is 2.48. The Morgan fingerprint density at radius 3 is 2.52 bits per heavy atom. The second-order valence-electron chi connectivity index (χ2n) is 4.46. The first-order valence-electron chi connectivity index (χ1n) is 5.92. The maximum atomic E-state index is 12.6. The molecule has 0 atom stereocenters. The van der Waals surface area contributed by atoms with Gasteiger partial charge in [0.05, 0.1) is 9.72 Å². The topological polar surface area (TPSA) is 43.4 Å². The van der Waals surface area contributed by atoms with Gasteiger partial charge < -0.3 is 4.18 Å². The molecule has 3 aromatic rings. The fourth-order valence-corrected chi connectivity index (χ4v) is 4.56. The van der Waals surface area contributed by atoms with Crippen LogP contribution in [0.3, 0.4) is 0 Å². The summed E-state index contributed by atoms with van der Waals surface area (Å²) in [4.78, 5) is 0. The Balaban J connectivity index is 2.33. The van der Waals surface area contributed by atoms with Crippen LogP contribution in [0.15, 0.2) is 30.3 Å². The van der Waals surface area contributed by atoms with Crippen molar-refractivity contribution in [1.82, 2.24) is 0 Å². The van der Waals surface area contributed by atoms with Crippen molar-refractivity contribution in [2.75, 3.05) is 0 Å². The molecule has 0 aliphatic rings. The molecule has 0 N–H and O–H groups in total. The summed E-state index contributed by atoms with van der Waals surface area (Å²) in [6.45, 7) is 0. The molecule has 3 rings (SSSR count). The van der Waals surface area contributed by atoms with Crippen molar-refractivity contribution >= 4 is 75.8 Å². The molecule has 3 nitrogen and oxygen atoms in total. The van der Waals surface area contributed by atoms with Gasteiger partial charge in [-0.1, -0.05) is 29.8 Å². The molecule has 122 valence electrons. The molecule has 2 aromatic carbocycles. The van der Waals surface area contributed by atoms with Gasteiger partial charge in [0.25, 0.3) is 0 Å². The van der Waals surface area contributed by atoms with Crippen LogP contribution in [0.25, 0.3) is 20.2 Å². The summed E-state index contributed by atoms with van der Waals surface area (Å²) < 4.78 is 66.0. The quantitative estimate of drug-likeness (QED) is 0.268. The highest BCUT2D eigenvalue weighted by atomic mass is 127. The average molecular weight is 493 g/mol. The molecule has 0 radical (unpaired) electrons. The Labute approximate surface area is 151 Å². The van der Waals surface area contributed by atoms with Gasteiger partial charge in [-0.2, -0.15) is 21.6 Å². The van der Waals surface area contributed by atoms with E-state index in [2.05, 4.69) is 4.18 Å². The molecule has 23 heavy (non-hydrogen) atoms. The first-order chi connectivity index (χ1) is 10.6. The van der Waals surface area contributed by atoms with Crippen LogP contribution in [-0.4, -0.2) is 13.9 Å². The van der Waals surface area contributed by atoms with E-state index in [1.54, 1.807) is 24.3 Å². The van der Waals surface area contributed by atoms with E-state index in [1.165, 1.54) is 6.07 Å². The van der Waals surface area contributed by atoms with Crippen LogP contribution in [0.1, 0.15) is 0 Å². The molecular formula is C13H5ClF3IO3S2. The van der Waals surface area contributed by atoms with Crippen LogP contribution >= 0.6 is 45.5 Å². The molecule has 0 aliphatic heterocycles. The van der Waals surface area contributed by atoms with Gasteiger partial charge in [-0.15, -0.1) is 11.3 Å². The number of thiophene rings is 1. The third-order valence-corrected chi connectivity index (χ3v) is 6.70. The first kappa shape index (κ1) is 17.1. The zero-order valence-corrected chi connectivity index (χ0v) is 15.4. The Morgan fingerprint density at radius 2 is 1.87 bits per heavy atom.